The topological polar surface area (TPSA) is 104 Å². The van der Waals surface area contributed by atoms with Gasteiger partial charge in [-0.25, -0.2) is 9.79 Å². The maximum absolute atomic E-state index is 13.5. The number of para-hydroxylation sites is 1. The van der Waals surface area contributed by atoms with E-state index in [0.717, 1.165) is 11.3 Å². The van der Waals surface area contributed by atoms with Crippen molar-refractivity contribution in [3.63, 3.8) is 0 Å². The van der Waals surface area contributed by atoms with Gasteiger partial charge in [-0.3, -0.25) is 19.5 Å². The zero-order chi connectivity index (χ0) is 23.0. The summed E-state index contributed by atoms with van der Waals surface area (Å²) >= 11 is 7.51. The number of esters is 1. The van der Waals surface area contributed by atoms with E-state index in [1.807, 2.05) is 0 Å². The second-order valence-electron chi connectivity index (χ2n) is 6.91. The van der Waals surface area contributed by atoms with Crippen LogP contribution in [0.3, 0.4) is 0 Å². The molecule has 8 nitrogen and oxygen atoms in total. The lowest BCUT2D eigenvalue weighted by Crippen LogP contribution is -2.39. The molecule has 32 heavy (non-hydrogen) atoms. The van der Waals surface area contributed by atoms with Gasteiger partial charge in [-0.05, 0) is 30.7 Å². The second-order valence-corrected chi connectivity index (χ2v) is 8.33. The van der Waals surface area contributed by atoms with Gasteiger partial charge in [0.25, 0.3) is 11.2 Å². The van der Waals surface area contributed by atoms with Crippen molar-refractivity contribution in [1.82, 2.24) is 4.57 Å². The summed E-state index contributed by atoms with van der Waals surface area (Å²) in [6, 6.07) is 12.2. The fraction of sp³-hybridized carbons (Fsp3) is 0.136. The van der Waals surface area contributed by atoms with E-state index in [0.29, 0.717) is 26.6 Å². The smallest absolute Gasteiger partial charge is 0.338 e. The van der Waals surface area contributed by atoms with Crippen LogP contribution in [0.4, 0.5) is 5.69 Å². The number of benzene rings is 2. The third kappa shape index (κ3) is 3.65. The number of hydrogen-bond donors (Lipinski definition) is 0. The fourth-order valence-electron chi connectivity index (χ4n) is 3.60. The predicted molar refractivity (Wildman–Crippen MR) is 120 cm³/mol. The van der Waals surface area contributed by atoms with E-state index in [2.05, 4.69) is 4.99 Å². The summed E-state index contributed by atoms with van der Waals surface area (Å²) in [4.78, 5) is 41.8. The lowest BCUT2D eigenvalue weighted by Gasteiger charge is -2.25. The number of aromatic nitrogens is 1. The summed E-state index contributed by atoms with van der Waals surface area (Å²) in [5.41, 5.74) is 0.881. The Morgan fingerprint density at radius 1 is 1.25 bits per heavy atom. The van der Waals surface area contributed by atoms with E-state index in [1.165, 1.54) is 23.8 Å². The molecule has 1 aliphatic heterocycles. The highest BCUT2D eigenvalue weighted by Gasteiger charge is 2.34. The number of halogens is 1. The Kier molecular flexibility index (Phi) is 5.77. The Hall–Kier alpha value is -3.56. The van der Waals surface area contributed by atoms with Crippen molar-refractivity contribution in [1.29, 1.82) is 0 Å². The first-order chi connectivity index (χ1) is 15.3. The first-order valence-corrected chi connectivity index (χ1v) is 10.6. The summed E-state index contributed by atoms with van der Waals surface area (Å²) in [6.07, 6.45) is 1.46. The zero-order valence-electron chi connectivity index (χ0n) is 16.9. The molecular weight excluding hydrogens is 454 g/mol. The maximum Gasteiger partial charge on any atom is 0.338 e. The van der Waals surface area contributed by atoms with E-state index in [1.54, 1.807) is 49.4 Å². The minimum absolute atomic E-state index is 0.118. The van der Waals surface area contributed by atoms with Crippen LogP contribution >= 0.6 is 22.9 Å². The molecule has 0 radical (unpaired) electrons. The molecule has 10 heteroatoms. The van der Waals surface area contributed by atoms with Crippen LogP contribution in [0.15, 0.2) is 69.6 Å². The summed E-state index contributed by atoms with van der Waals surface area (Å²) in [5.74, 6) is -0.621. The molecule has 0 aliphatic carbocycles. The summed E-state index contributed by atoms with van der Waals surface area (Å²) in [5, 5.41) is 11.8. The number of nitrogens with zero attached hydrogens (tertiary/aromatic N) is 3. The lowest BCUT2D eigenvalue weighted by atomic mass is 9.96. The van der Waals surface area contributed by atoms with Gasteiger partial charge in [0.15, 0.2) is 4.80 Å². The van der Waals surface area contributed by atoms with Gasteiger partial charge in [-0.1, -0.05) is 53.3 Å². The van der Waals surface area contributed by atoms with E-state index < -0.39 is 22.5 Å². The highest BCUT2D eigenvalue weighted by atomic mass is 35.5. The molecule has 0 amide bonds. The van der Waals surface area contributed by atoms with Gasteiger partial charge >= 0.3 is 5.97 Å². The van der Waals surface area contributed by atoms with E-state index >= 15 is 0 Å². The third-order valence-electron chi connectivity index (χ3n) is 5.05. The number of carbonyl (C=O) groups excluding carboxylic acids is 1. The first kappa shape index (κ1) is 21.7. The van der Waals surface area contributed by atoms with Gasteiger partial charge < -0.3 is 4.74 Å². The van der Waals surface area contributed by atoms with E-state index in [4.69, 9.17) is 16.3 Å². The first-order valence-electron chi connectivity index (χ1n) is 9.42. The standard InChI is InChI=1S/C22H16ClN3O5S/c1-12-18(21(28)31-2)19(14-8-4-5-9-15(14)23)25-20(27)17(32-22(25)24-12)11-13-7-3-6-10-16(13)26(29)30/h3-11,19H,1-2H3/b17-11+/t19-/m1/s1. The minimum atomic E-state index is -0.847. The number of methoxy groups -OCH3 is 1. The van der Waals surface area contributed by atoms with Crippen molar-refractivity contribution in [3.8, 4) is 0 Å². The maximum atomic E-state index is 13.5. The molecule has 1 atom stereocenters. The fourth-order valence-corrected chi connectivity index (χ4v) is 4.88. The minimum Gasteiger partial charge on any atom is -0.466 e. The number of fused-ring (bicyclic) bond motifs is 1. The van der Waals surface area contributed by atoms with Crippen LogP contribution in [-0.2, 0) is 9.53 Å². The molecule has 0 saturated carbocycles. The number of nitro benzene ring substituents is 1. The van der Waals surface area contributed by atoms with E-state index in [9.17, 15) is 19.7 Å². The van der Waals surface area contributed by atoms with Crippen LogP contribution in [0.25, 0.3) is 6.08 Å². The Morgan fingerprint density at radius 3 is 2.62 bits per heavy atom. The van der Waals surface area contributed by atoms with Crippen molar-refractivity contribution in [2.75, 3.05) is 7.11 Å². The molecule has 4 rings (SSSR count). The Bertz CT molecular complexity index is 1470. The largest absolute Gasteiger partial charge is 0.466 e. The van der Waals surface area contributed by atoms with Crippen molar-refractivity contribution in [2.45, 2.75) is 13.0 Å². The van der Waals surface area contributed by atoms with Crippen LogP contribution in [0.2, 0.25) is 5.02 Å². The zero-order valence-corrected chi connectivity index (χ0v) is 18.5. The molecule has 0 spiro atoms. The molecule has 1 aliphatic rings. The molecule has 2 heterocycles. The highest BCUT2D eigenvalue weighted by molar-refractivity contribution is 7.07. The SMILES string of the molecule is COC(=O)C1=C(C)N=c2s/c(=C/c3ccccc3[N+](=O)[O-])c(=O)n2[C@@H]1c1ccccc1Cl. The monoisotopic (exact) mass is 469 g/mol. The summed E-state index contributed by atoms with van der Waals surface area (Å²) in [6.45, 7) is 1.66. The van der Waals surface area contributed by atoms with Gasteiger partial charge in [-0.2, -0.15) is 0 Å². The molecule has 162 valence electrons. The Morgan fingerprint density at radius 2 is 1.94 bits per heavy atom. The molecule has 0 saturated heterocycles. The molecular formula is C22H16ClN3O5S. The lowest BCUT2D eigenvalue weighted by molar-refractivity contribution is -0.385. The molecule has 2 aromatic carbocycles. The third-order valence-corrected chi connectivity index (χ3v) is 6.37. The van der Waals surface area contributed by atoms with Gasteiger partial charge in [0.1, 0.15) is 6.04 Å². The van der Waals surface area contributed by atoms with Crippen LogP contribution in [-0.4, -0.2) is 22.6 Å². The van der Waals surface area contributed by atoms with Gasteiger partial charge in [0.05, 0.1) is 33.4 Å². The van der Waals surface area contributed by atoms with Crippen LogP contribution < -0.4 is 14.9 Å². The van der Waals surface area contributed by atoms with Crippen LogP contribution in [0.5, 0.6) is 0 Å². The van der Waals surface area contributed by atoms with Gasteiger partial charge in [-0.15, -0.1) is 0 Å². The molecule has 0 fully saturated rings. The quantitative estimate of drug-likeness (QED) is 0.332. The average molecular weight is 470 g/mol. The molecule has 0 unspecified atom stereocenters. The molecule has 0 N–H and O–H groups in total. The number of carbonyl (C=O) groups is 1. The summed E-state index contributed by atoms with van der Waals surface area (Å²) < 4.78 is 6.58. The number of ether oxygens (including phenoxy) is 1. The Balaban J connectivity index is 2.02. The van der Waals surface area contributed by atoms with Crippen molar-refractivity contribution in [3.05, 3.63) is 106 Å². The normalized spacial score (nSPS) is 15.8. The highest BCUT2D eigenvalue weighted by Crippen LogP contribution is 2.34. The van der Waals surface area contributed by atoms with Gasteiger partial charge in [0, 0.05) is 11.1 Å². The number of allylic oxidation sites excluding steroid dienone is 1. The number of nitro groups is 1. The average Bonchev–Trinajstić information content (AvgIpc) is 3.07. The number of thiazole rings is 1. The van der Waals surface area contributed by atoms with Crippen molar-refractivity contribution in [2.24, 2.45) is 4.99 Å². The van der Waals surface area contributed by atoms with Crippen molar-refractivity contribution >= 4 is 40.7 Å². The van der Waals surface area contributed by atoms with Crippen LogP contribution in [0, 0.1) is 10.1 Å². The van der Waals surface area contributed by atoms with Crippen molar-refractivity contribution < 1.29 is 14.5 Å². The van der Waals surface area contributed by atoms with E-state index in [-0.39, 0.29) is 15.8 Å². The van der Waals surface area contributed by atoms with Gasteiger partial charge in [0.2, 0.25) is 0 Å². The molecule has 3 aromatic rings. The summed E-state index contributed by atoms with van der Waals surface area (Å²) in [7, 11) is 1.26. The predicted octanol–water partition coefficient (Wildman–Crippen LogP) is 2.97. The molecule has 1 aromatic heterocycles. The van der Waals surface area contributed by atoms with Crippen LogP contribution in [0.1, 0.15) is 24.1 Å². The number of hydrogen-bond acceptors (Lipinski definition) is 7. The number of rotatable bonds is 4. The second kappa shape index (κ2) is 8.52. The molecule has 0 bridgehead atoms. The Labute approximate surface area is 190 Å².